The number of nitrogens with zero attached hydrogens (tertiary/aromatic N) is 1. The number of hydrogen-bond acceptors (Lipinski definition) is 8. The molecule has 0 radical (unpaired) electrons. The van der Waals surface area contributed by atoms with Crippen molar-refractivity contribution in [1.29, 1.82) is 0 Å². The fourth-order valence-electron chi connectivity index (χ4n) is 4.26. The van der Waals surface area contributed by atoms with E-state index in [0.29, 0.717) is 5.56 Å². The molecule has 43 heavy (non-hydrogen) atoms. The quantitative estimate of drug-likeness (QED) is 0.215. The number of amides is 3. The number of alkyl carbamates (subject to hydrolysis) is 1. The summed E-state index contributed by atoms with van der Waals surface area (Å²) in [6, 6.07) is 11.1. The Balaban J connectivity index is 2.52. The monoisotopic (exact) mass is 615 g/mol. The van der Waals surface area contributed by atoms with E-state index in [1.54, 1.807) is 55.4 Å². The maximum Gasteiger partial charge on any atom is 0.408 e. The van der Waals surface area contributed by atoms with E-state index in [2.05, 4.69) is 23.3 Å². The van der Waals surface area contributed by atoms with Gasteiger partial charge in [0.05, 0.1) is 0 Å². The van der Waals surface area contributed by atoms with Gasteiger partial charge in [0.1, 0.15) is 35.1 Å². The number of aromatic hydroxyl groups is 1. The molecular formula is C32H45N3O7S. The molecule has 0 saturated carbocycles. The van der Waals surface area contributed by atoms with Gasteiger partial charge in [0.25, 0.3) is 0 Å². The molecule has 11 heteroatoms. The fraction of sp³-hybridized carbons (Fsp3) is 0.500. The minimum absolute atomic E-state index is 0.0270. The van der Waals surface area contributed by atoms with E-state index in [4.69, 9.17) is 9.47 Å². The lowest BCUT2D eigenvalue weighted by molar-refractivity contribution is -0.159. The fourth-order valence-corrected chi connectivity index (χ4v) is 4.50. The Labute approximate surface area is 259 Å². The Morgan fingerprint density at radius 1 is 0.837 bits per heavy atom. The molecule has 2 aromatic rings. The molecule has 2 rings (SSSR count). The number of carbonyl (C=O) groups is 4. The number of thiol groups is 1. The molecule has 3 N–H and O–H groups in total. The van der Waals surface area contributed by atoms with Gasteiger partial charge in [-0.05, 0) is 78.6 Å². The highest BCUT2D eigenvalue weighted by atomic mass is 32.1. The van der Waals surface area contributed by atoms with E-state index in [-0.39, 0.29) is 17.9 Å². The topological polar surface area (TPSA) is 134 Å². The standard InChI is InChI=1S/C32H45N3O7S/c1-20(2)35(28(38)25(19-43)34-30(40)42-32(6,7)8)26(22-14-16-23(36)17-15-22)27(37)33-24(29(39)41-31(3,4)5)18-21-12-10-9-11-13-21/h9-17,20,24-26,36,43H,18-19H2,1-8H3,(H,33,37)(H,34,40). The Kier molecular flexibility index (Phi) is 12.5. The first kappa shape index (κ1) is 35.5. The zero-order chi connectivity index (χ0) is 32.5. The van der Waals surface area contributed by atoms with Crippen LogP contribution < -0.4 is 10.6 Å². The van der Waals surface area contributed by atoms with Crippen molar-refractivity contribution in [3.8, 4) is 5.75 Å². The zero-order valence-electron chi connectivity index (χ0n) is 26.2. The summed E-state index contributed by atoms with van der Waals surface area (Å²) in [6.07, 6.45) is -0.652. The maximum absolute atomic E-state index is 14.2. The predicted molar refractivity (Wildman–Crippen MR) is 168 cm³/mol. The molecule has 3 atom stereocenters. The lowest BCUT2D eigenvalue weighted by atomic mass is 9.99. The average Bonchev–Trinajstić information content (AvgIpc) is 2.88. The number of nitrogens with one attached hydrogen (secondary N) is 2. The predicted octanol–water partition coefficient (Wildman–Crippen LogP) is 4.56. The molecule has 0 spiro atoms. The van der Waals surface area contributed by atoms with Gasteiger partial charge in [0.15, 0.2) is 0 Å². The molecule has 0 heterocycles. The maximum atomic E-state index is 14.2. The third-order valence-electron chi connectivity index (χ3n) is 6.01. The van der Waals surface area contributed by atoms with Crippen molar-refractivity contribution in [3.63, 3.8) is 0 Å². The van der Waals surface area contributed by atoms with E-state index in [9.17, 15) is 24.3 Å². The second kappa shape index (κ2) is 15.1. The molecule has 236 valence electrons. The summed E-state index contributed by atoms with van der Waals surface area (Å²) in [4.78, 5) is 55.3. The van der Waals surface area contributed by atoms with Crippen LogP contribution in [0.3, 0.4) is 0 Å². The van der Waals surface area contributed by atoms with Crippen LogP contribution in [0.15, 0.2) is 54.6 Å². The van der Waals surface area contributed by atoms with Crippen LogP contribution >= 0.6 is 12.6 Å². The van der Waals surface area contributed by atoms with Crippen LogP contribution in [0.25, 0.3) is 0 Å². The van der Waals surface area contributed by atoms with Gasteiger partial charge in [0, 0.05) is 18.2 Å². The highest BCUT2D eigenvalue weighted by Gasteiger charge is 2.39. The van der Waals surface area contributed by atoms with Gasteiger partial charge < -0.3 is 30.1 Å². The number of benzene rings is 2. The van der Waals surface area contributed by atoms with E-state index in [1.807, 2.05) is 30.3 Å². The number of rotatable bonds is 11. The Hall–Kier alpha value is -3.73. The summed E-state index contributed by atoms with van der Waals surface area (Å²) in [5.74, 6) is -1.95. The lowest BCUT2D eigenvalue weighted by Crippen LogP contribution is -2.57. The minimum Gasteiger partial charge on any atom is -0.508 e. The summed E-state index contributed by atoms with van der Waals surface area (Å²) in [5, 5.41) is 15.3. The number of hydrogen-bond donors (Lipinski definition) is 4. The molecule has 0 bridgehead atoms. The van der Waals surface area contributed by atoms with Crippen molar-refractivity contribution in [2.24, 2.45) is 0 Å². The number of esters is 1. The van der Waals surface area contributed by atoms with Crippen molar-refractivity contribution in [2.45, 2.75) is 97.2 Å². The molecule has 2 aromatic carbocycles. The average molecular weight is 616 g/mol. The first-order valence-electron chi connectivity index (χ1n) is 14.2. The Morgan fingerprint density at radius 2 is 1.40 bits per heavy atom. The van der Waals surface area contributed by atoms with Crippen molar-refractivity contribution in [2.75, 3.05) is 5.75 Å². The van der Waals surface area contributed by atoms with Gasteiger partial charge in [-0.15, -0.1) is 0 Å². The van der Waals surface area contributed by atoms with Crippen molar-refractivity contribution in [1.82, 2.24) is 15.5 Å². The molecule has 0 aliphatic rings. The van der Waals surface area contributed by atoms with Crippen molar-refractivity contribution < 1.29 is 33.8 Å². The van der Waals surface area contributed by atoms with Gasteiger partial charge in [-0.1, -0.05) is 42.5 Å². The van der Waals surface area contributed by atoms with Gasteiger partial charge in [-0.25, -0.2) is 9.59 Å². The molecule has 3 amide bonds. The first-order chi connectivity index (χ1) is 19.9. The first-order valence-corrected chi connectivity index (χ1v) is 14.8. The SMILES string of the molecule is CC(C)N(C(=O)C(CS)NC(=O)OC(C)(C)C)C(C(=O)NC(Cc1ccccc1)C(=O)OC(C)(C)C)c1ccc(O)cc1. The molecule has 3 unspecified atom stereocenters. The van der Waals surface area contributed by atoms with Gasteiger partial charge in [-0.2, -0.15) is 12.6 Å². The lowest BCUT2D eigenvalue weighted by Gasteiger charge is -2.37. The molecule has 0 saturated heterocycles. The van der Waals surface area contributed by atoms with Crippen LogP contribution in [0, 0.1) is 0 Å². The summed E-state index contributed by atoms with van der Waals surface area (Å²) in [5.41, 5.74) is -0.417. The van der Waals surface area contributed by atoms with E-state index >= 15 is 0 Å². The second-order valence-electron chi connectivity index (χ2n) is 12.5. The molecule has 0 aromatic heterocycles. The summed E-state index contributed by atoms with van der Waals surface area (Å²) >= 11 is 4.29. The smallest absolute Gasteiger partial charge is 0.408 e. The van der Waals surface area contributed by atoms with Crippen LogP contribution in [-0.2, 0) is 30.3 Å². The van der Waals surface area contributed by atoms with Crippen molar-refractivity contribution >= 4 is 36.5 Å². The third-order valence-corrected chi connectivity index (χ3v) is 6.37. The number of carbonyl (C=O) groups excluding carboxylic acids is 4. The van der Waals surface area contributed by atoms with Gasteiger partial charge in [0.2, 0.25) is 11.8 Å². The summed E-state index contributed by atoms with van der Waals surface area (Å²) in [7, 11) is 0. The Morgan fingerprint density at radius 3 is 1.88 bits per heavy atom. The van der Waals surface area contributed by atoms with E-state index in [1.165, 1.54) is 29.2 Å². The van der Waals surface area contributed by atoms with Crippen LogP contribution in [0.5, 0.6) is 5.75 Å². The number of phenolic OH excluding ortho intramolecular Hbond substituents is 1. The van der Waals surface area contributed by atoms with E-state index < -0.39 is 59.2 Å². The minimum atomic E-state index is -1.24. The molecule has 0 aliphatic carbocycles. The highest BCUT2D eigenvalue weighted by molar-refractivity contribution is 7.80. The summed E-state index contributed by atoms with van der Waals surface area (Å²) < 4.78 is 11.0. The van der Waals surface area contributed by atoms with E-state index in [0.717, 1.165) is 5.56 Å². The second-order valence-corrected chi connectivity index (χ2v) is 12.9. The van der Waals surface area contributed by atoms with Crippen LogP contribution in [0.4, 0.5) is 4.79 Å². The molecule has 0 fully saturated rings. The normalized spacial score (nSPS) is 13.8. The Bertz CT molecular complexity index is 1240. The van der Waals surface area contributed by atoms with Crippen LogP contribution in [0.1, 0.15) is 72.6 Å². The summed E-state index contributed by atoms with van der Waals surface area (Å²) in [6.45, 7) is 13.8. The van der Waals surface area contributed by atoms with Gasteiger partial charge in [-0.3, -0.25) is 9.59 Å². The third kappa shape index (κ3) is 11.5. The van der Waals surface area contributed by atoms with Crippen LogP contribution in [0.2, 0.25) is 0 Å². The number of phenols is 1. The van der Waals surface area contributed by atoms with Gasteiger partial charge >= 0.3 is 12.1 Å². The van der Waals surface area contributed by atoms with Crippen molar-refractivity contribution in [3.05, 3.63) is 65.7 Å². The number of ether oxygens (including phenoxy) is 2. The largest absolute Gasteiger partial charge is 0.508 e. The molecular weight excluding hydrogens is 570 g/mol. The highest BCUT2D eigenvalue weighted by Crippen LogP contribution is 2.27. The zero-order valence-corrected chi connectivity index (χ0v) is 27.1. The molecule has 0 aliphatic heterocycles. The van der Waals surface area contributed by atoms with Crippen LogP contribution in [-0.4, -0.2) is 69.0 Å². The molecule has 10 nitrogen and oxygen atoms in total.